The Labute approximate surface area is 91.6 Å². The van der Waals surface area contributed by atoms with Crippen LogP contribution in [0, 0.1) is 11.3 Å². The zero-order chi connectivity index (χ0) is 12.2. The standard InChI is InChI=1S/C11H22N2O2/c1-7(2)9(13-8(14)6-12)10(15)11(3,4)5/h7,9H,6,12H2,1-5H3,(H,13,14). The summed E-state index contributed by atoms with van der Waals surface area (Å²) in [7, 11) is 0. The molecule has 3 N–H and O–H groups in total. The number of carbonyl (C=O) groups is 2. The van der Waals surface area contributed by atoms with Crippen LogP contribution in [0.5, 0.6) is 0 Å². The summed E-state index contributed by atoms with van der Waals surface area (Å²) >= 11 is 0. The van der Waals surface area contributed by atoms with E-state index in [1.165, 1.54) is 0 Å². The molecule has 15 heavy (non-hydrogen) atoms. The summed E-state index contributed by atoms with van der Waals surface area (Å²) in [5.74, 6) is -0.169. The molecule has 0 aromatic rings. The fourth-order valence-corrected chi connectivity index (χ4v) is 1.23. The van der Waals surface area contributed by atoms with E-state index < -0.39 is 11.5 Å². The van der Waals surface area contributed by atoms with Crippen molar-refractivity contribution >= 4 is 11.7 Å². The molecule has 0 aliphatic carbocycles. The highest BCUT2D eigenvalue weighted by Crippen LogP contribution is 2.20. The van der Waals surface area contributed by atoms with Crippen LogP contribution in [-0.2, 0) is 9.59 Å². The zero-order valence-electron chi connectivity index (χ0n) is 10.3. The van der Waals surface area contributed by atoms with Crippen molar-refractivity contribution in [3.05, 3.63) is 0 Å². The van der Waals surface area contributed by atoms with Crippen LogP contribution in [0.25, 0.3) is 0 Å². The van der Waals surface area contributed by atoms with E-state index in [-0.39, 0.29) is 24.2 Å². The van der Waals surface area contributed by atoms with Gasteiger partial charge in [0.25, 0.3) is 0 Å². The molecule has 0 heterocycles. The molecule has 0 bridgehead atoms. The lowest BCUT2D eigenvalue weighted by atomic mass is 9.82. The minimum absolute atomic E-state index is 0.0410. The summed E-state index contributed by atoms with van der Waals surface area (Å²) in [5, 5.41) is 2.66. The highest BCUT2D eigenvalue weighted by molar-refractivity contribution is 5.92. The third-order valence-electron chi connectivity index (χ3n) is 2.19. The van der Waals surface area contributed by atoms with E-state index in [0.717, 1.165) is 0 Å². The maximum Gasteiger partial charge on any atom is 0.234 e. The van der Waals surface area contributed by atoms with Crippen molar-refractivity contribution < 1.29 is 9.59 Å². The Morgan fingerprint density at radius 3 is 2.00 bits per heavy atom. The second-order valence-corrected chi connectivity index (χ2v) is 5.11. The van der Waals surface area contributed by atoms with Crippen LogP contribution in [0.4, 0.5) is 0 Å². The van der Waals surface area contributed by atoms with Gasteiger partial charge in [0.1, 0.15) is 0 Å². The molecule has 0 aromatic carbocycles. The largest absolute Gasteiger partial charge is 0.345 e. The first-order valence-electron chi connectivity index (χ1n) is 5.24. The maximum absolute atomic E-state index is 12.0. The van der Waals surface area contributed by atoms with Crippen LogP contribution < -0.4 is 11.1 Å². The molecule has 88 valence electrons. The molecule has 0 rings (SSSR count). The number of Topliss-reactive ketones (excluding diaryl/α,β-unsaturated/α-hetero) is 1. The number of amides is 1. The van der Waals surface area contributed by atoms with Crippen LogP contribution in [0.1, 0.15) is 34.6 Å². The molecule has 0 aromatic heterocycles. The predicted octanol–water partition coefficient (Wildman–Crippen LogP) is 0.701. The Morgan fingerprint density at radius 1 is 1.27 bits per heavy atom. The first-order chi connectivity index (χ1) is 6.70. The maximum atomic E-state index is 12.0. The molecule has 1 amide bonds. The SMILES string of the molecule is CC(C)C(NC(=O)CN)C(=O)C(C)(C)C. The van der Waals surface area contributed by atoms with E-state index in [9.17, 15) is 9.59 Å². The molecule has 0 saturated heterocycles. The van der Waals surface area contributed by atoms with Gasteiger partial charge in [-0.3, -0.25) is 9.59 Å². The zero-order valence-corrected chi connectivity index (χ0v) is 10.3. The topological polar surface area (TPSA) is 72.2 Å². The average Bonchev–Trinajstić information content (AvgIpc) is 2.10. The van der Waals surface area contributed by atoms with E-state index in [0.29, 0.717) is 0 Å². The van der Waals surface area contributed by atoms with Gasteiger partial charge in [-0.05, 0) is 5.92 Å². The Kier molecular flexibility index (Phi) is 4.94. The van der Waals surface area contributed by atoms with Crippen LogP contribution in [-0.4, -0.2) is 24.3 Å². The lowest BCUT2D eigenvalue weighted by molar-refractivity contribution is -0.133. The molecule has 0 fully saturated rings. The van der Waals surface area contributed by atoms with Gasteiger partial charge in [-0.15, -0.1) is 0 Å². The van der Waals surface area contributed by atoms with E-state index in [4.69, 9.17) is 5.73 Å². The Hall–Kier alpha value is -0.900. The lowest BCUT2D eigenvalue weighted by Crippen LogP contribution is -2.50. The summed E-state index contributed by atoms with van der Waals surface area (Å²) in [4.78, 5) is 23.2. The normalized spacial score (nSPS) is 13.8. The van der Waals surface area contributed by atoms with Gasteiger partial charge < -0.3 is 11.1 Å². The number of nitrogens with two attached hydrogens (primary N) is 1. The van der Waals surface area contributed by atoms with Gasteiger partial charge in [-0.1, -0.05) is 34.6 Å². The fourth-order valence-electron chi connectivity index (χ4n) is 1.23. The highest BCUT2D eigenvalue weighted by Gasteiger charge is 2.32. The van der Waals surface area contributed by atoms with Crippen molar-refractivity contribution in [1.29, 1.82) is 0 Å². The number of carbonyl (C=O) groups excluding carboxylic acids is 2. The van der Waals surface area contributed by atoms with Crippen molar-refractivity contribution in [3.63, 3.8) is 0 Å². The lowest BCUT2D eigenvalue weighted by Gasteiger charge is -2.27. The van der Waals surface area contributed by atoms with Crippen LogP contribution in [0.3, 0.4) is 0 Å². The van der Waals surface area contributed by atoms with Crippen LogP contribution >= 0.6 is 0 Å². The van der Waals surface area contributed by atoms with Crippen LogP contribution in [0.2, 0.25) is 0 Å². The number of hydrogen-bond acceptors (Lipinski definition) is 3. The van der Waals surface area contributed by atoms with E-state index in [1.807, 2.05) is 34.6 Å². The molecular formula is C11H22N2O2. The van der Waals surface area contributed by atoms with Crippen LogP contribution in [0.15, 0.2) is 0 Å². The van der Waals surface area contributed by atoms with Gasteiger partial charge in [0.15, 0.2) is 5.78 Å². The summed E-state index contributed by atoms with van der Waals surface area (Å²) in [6.45, 7) is 9.27. The monoisotopic (exact) mass is 214 g/mol. The van der Waals surface area contributed by atoms with Gasteiger partial charge in [-0.2, -0.15) is 0 Å². The summed E-state index contributed by atoms with van der Waals surface area (Å²) in [6, 6.07) is -0.443. The number of rotatable bonds is 4. The molecular weight excluding hydrogens is 192 g/mol. The van der Waals surface area contributed by atoms with Gasteiger partial charge >= 0.3 is 0 Å². The quantitative estimate of drug-likeness (QED) is 0.723. The van der Waals surface area contributed by atoms with Gasteiger partial charge in [0.2, 0.25) is 5.91 Å². The predicted molar refractivity (Wildman–Crippen MR) is 60.3 cm³/mol. The van der Waals surface area contributed by atoms with Crippen molar-refractivity contribution in [2.45, 2.75) is 40.7 Å². The minimum Gasteiger partial charge on any atom is -0.345 e. The molecule has 0 radical (unpaired) electrons. The van der Waals surface area contributed by atoms with Crippen molar-refractivity contribution in [1.82, 2.24) is 5.32 Å². The first-order valence-corrected chi connectivity index (χ1v) is 5.24. The molecule has 4 nitrogen and oxygen atoms in total. The fraction of sp³-hybridized carbons (Fsp3) is 0.818. The molecule has 0 aliphatic rings. The van der Waals surface area contributed by atoms with E-state index in [1.54, 1.807) is 0 Å². The Bertz CT molecular complexity index is 241. The molecule has 0 saturated carbocycles. The first kappa shape index (κ1) is 14.1. The van der Waals surface area contributed by atoms with Gasteiger partial charge in [0.05, 0.1) is 12.6 Å². The van der Waals surface area contributed by atoms with Crippen molar-refractivity contribution in [2.24, 2.45) is 17.1 Å². The Morgan fingerprint density at radius 2 is 1.73 bits per heavy atom. The molecule has 1 unspecified atom stereocenters. The van der Waals surface area contributed by atoms with E-state index in [2.05, 4.69) is 5.32 Å². The molecule has 0 aliphatic heterocycles. The summed E-state index contributed by atoms with van der Waals surface area (Å²) < 4.78 is 0. The number of ketones is 1. The second kappa shape index (κ2) is 5.26. The summed E-state index contributed by atoms with van der Waals surface area (Å²) in [5.41, 5.74) is 4.76. The van der Waals surface area contributed by atoms with Gasteiger partial charge in [0, 0.05) is 5.41 Å². The van der Waals surface area contributed by atoms with E-state index >= 15 is 0 Å². The van der Waals surface area contributed by atoms with Gasteiger partial charge in [-0.25, -0.2) is 0 Å². The number of hydrogen-bond donors (Lipinski definition) is 2. The number of nitrogens with one attached hydrogen (secondary N) is 1. The average molecular weight is 214 g/mol. The third-order valence-corrected chi connectivity index (χ3v) is 2.19. The summed E-state index contributed by atoms with van der Waals surface area (Å²) in [6.07, 6.45) is 0. The van der Waals surface area contributed by atoms with Crippen molar-refractivity contribution in [2.75, 3.05) is 6.54 Å². The molecule has 1 atom stereocenters. The smallest absolute Gasteiger partial charge is 0.234 e. The minimum atomic E-state index is -0.448. The second-order valence-electron chi connectivity index (χ2n) is 5.11. The third kappa shape index (κ3) is 4.42. The molecule has 4 heteroatoms. The highest BCUT2D eigenvalue weighted by atomic mass is 16.2. The van der Waals surface area contributed by atoms with Crippen molar-refractivity contribution in [3.8, 4) is 0 Å². The molecule has 0 spiro atoms. The Balaban J connectivity index is 4.68.